The number of Topliss-reactive ketones (excluding diaryl/α,β-unsaturated/α-hetero) is 1. The zero-order chi connectivity index (χ0) is 18.4. The Kier molecular flexibility index (Phi) is 6.33. The van der Waals surface area contributed by atoms with Crippen molar-refractivity contribution in [3.63, 3.8) is 0 Å². The van der Waals surface area contributed by atoms with Crippen LogP contribution >= 0.6 is 0 Å². The number of ether oxygens (including phenoxy) is 1. The van der Waals surface area contributed by atoms with Crippen LogP contribution in [-0.2, 0) is 9.53 Å². The highest BCUT2D eigenvalue weighted by Crippen LogP contribution is 2.33. The molecule has 2 N–H and O–H groups in total. The van der Waals surface area contributed by atoms with E-state index in [2.05, 4.69) is 0 Å². The third-order valence-corrected chi connectivity index (χ3v) is 4.17. The predicted molar refractivity (Wildman–Crippen MR) is 91.8 cm³/mol. The van der Waals surface area contributed by atoms with Crippen LogP contribution in [0.5, 0.6) is 11.5 Å². The molecule has 6 heteroatoms. The van der Waals surface area contributed by atoms with Gasteiger partial charge in [0.05, 0.1) is 11.7 Å². The summed E-state index contributed by atoms with van der Waals surface area (Å²) in [6, 6.07) is 0.962. The third kappa shape index (κ3) is 4.68. The summed E-state index contributed by atoms with van der Waals surface area (Å²) in [5.74, 6) is -1.44. The van der Waals surface area contributed by atoms with E-state index < -0.39 is 23.6 Å². The summed E-state index contributed by atoms with van der Waals surface area (Å²) in [6.07, 6.45) is 6.51. The van der Waals surface area contributed by atoms with Crippen molar-refractivity contribution in [3.05, 3.63) is 28.8 Å². The van der Waals surface area contributed by atoms with Gasteiger partial charge in [-0.15, -0.1) is 0 Å². The lowest BCUT2D eigenvalue weighted by atomic mass is 9.97. The van der Waals surface area contributed by atoms with Gasteiger partial charge in [-0.3, -0.25) is 9.59 Å². The molecule has 0 saturated carbocycles. The minimum Gasteiger partial charge on any atom is -0.507 e. The molecule has 0 saturated heterocycles. The minimum absolute atomic E-state index is 0.0863. The summed E-state index contributed by atoms with van der Waals surface area (Å²) in [6.45, 7) is 1.71. The molecule has 0 fully saturated rings. The topological polar surface area (TPSA) is 101 Å². The van der Waals surface area contributed by atoms with Gasteiger partial charge in [0.25, 0.3) is 0 Å². The predicted octanol–water partition coefficient (Wildman–Crippen LogP) is 3.39. The third-order valence-electron chi connectivity index (χ3n) is 4.17. The molecule has 25 heavy (non-hydrogen) atoms. The Morgan fingerprint density at radius 2 is 1.88 bits per heavy atom. The number of cyclic esters (lactones) is 1. The fourth-order valence-electron chi connectivity index (χ4n) is 2.83. The molecule has 1 unspecified atom stereocenters. The van der Waals surface area contributed by atoms with E-state index in [1.807, 2.05) is 0 Å². The van der Waals surface area contributed by atoms with E-state index in [0.717, 1.165) is 6.07 Å². The SMILES string of the molecule is CC1CCCC(=O)CCCC=Cc2c(C=O)c(O)cc(O)c2C(=O)O1. The lowest BCUT2D eigenvalue weighted by Crippen LogP contribution is -2.17. The largest absolute Gasteiger partial charge is 0.507 e. The van der Waals surface area contributed by atoms with Gasteiger partial charge in [-0.2, -0.15) is 0 Å². The molecule has 1 aliphatic rings. The fourth-order valence-corrected chi connectivity index (χ4v) is 2.83. The number of fused-ring (bicyclic) bond motifs is 1. The molecule has 0 aliphatic carbocycles. The molecule has 2 rings (SSSR count). The highest BCUT2D eigenvalue weighted by atomic mass is 16.5. The number of phenolic OH excluding ortho intramolecular Hbond substituents is 2. The maximum Gasteiger partial charge on any atom is 0.342 e. The molecular formula is C19H22O6. The van der Waals surface area contributed by atoms with Crippen molar-refractivity contribution in [2.24, 2.45) is 0 Å². The van der Waals surface area contributed by atoms with Gasteiger partial charge in [0.1, 0.15) is 22.8 Å². The Morgan fingerprint density at radius 3 is 2.60 bits per heavy atom. The number of aldehydes is 1. The highest BCUT2D eigenvalue weighted by Gasteiger charge is 2.24. The van der Waals surface area contributed by atoms with Crippen LogP contribution in [0.25, 0.3) is 6.08 Å². The molecule has 0 bridgehead atoms. The van der Waals surface area contributed by atoms with Gasteiger partial charge in [0.2, 0.25) is 0 Å². The first-order valence-electron chi connectivity index (χ1n) is 8.37. The van der Waals surface area contributed by atoms with Crippen molar-refractivity contribution in [2.75, 3.05) is 0 Å². The zero-order valence-electron chi connectivity index (χ0n) is 14.2. The molecule has 6 nitrogen and oxygen atoms in total. The van der Waals surface area contributed by atoms with E-state index in [4.69, 9.17) is 4.74 Å². The van der Waals surface area contributed by atoms with Gasteiger partial charge < -0.3 is 14.9 Å². The quantitative estimate of drug-likeness (QED) is 0.597. The van der Waals surface area contributed by atoms with Gasteiger partial charge in [-0.05, 0) is 32.6 Å². The van der Waals surface area contributed by atoms with Crippen molar-refractivity contribution in [3.8, 4) is 11.5 Å². The van der Waals surface area contributed by atoms with Crippen LogP contribution in [0, 0.1) is 0 Å². The molecule has 1 aliphatic heterocycles. The van der Waals surface area contributed by atoms with E-state index in [9.17, 15) is 24.6 Å². The van der Waals surface area contributed by atoms with Gasteiger partial charge in [-0.1, -0.05) is 12.2 Å². The number of phenols is 2. The fraction of sp³-hybridized carbons (Fsp3) is 0.421. The molecular weight excluding hydrogens is 324 g/mol. The second-order valence-electron chi connectivity index (χ2n) is 6.18. The molecule has 1 aromatic rings. The first-order valence-corrected chi connectivity index (χ1v) is 8.37. The van der Waals surface area contributed by atoms with Crippen LogP contribution in [0.1, 0.15) is 71.7 Å². The first kappa shape index (κ1) is 18.7. The summed E-state index contributed by atoms with van der Waals surface area (Å²) in [7, 11) is 0. The summed E-state index contributed by atoms with van der Waals surface area (Å²) >= 11 is 0. The van der Waals surface area contributed by atoms with Crippen molar-refractivity contribution in [1.29, 1.82) is 0 Å². The molecule has 0 spiro atoms. The van der Waals surface area contributed by atoms with Crippen LogP contribution in [0.3, 0.4) is 0 Å². The van der Waals surface area contributed by atoms with Gasteiger partial charge in [0.15, 0.2) is 6.29 Å². The highest BCUT2D eigenvalue weighted by molar-refractivity contribution is 6.01. The number of hydrogen-bond donors (Lipinski definition) is 2. The number of benzene rings is 1. The number of aromatic hydroxyl groups is 2. The maximum atomic E-state index is 12.5. The molecule has 1 aromatic carbocycles. The average Bonchev–Trinajstić information content (AvgIpc) is 2.53. The summed E-state index contributed by atoms with van der Waals surface area (Å²) in [4.78, 5) is 35.6. The van der Waals surface area contributed by atoms with Crippen molar-refractivity contribution >= 4 is 24.1 Å². The average molecular weight is 346 g/mol. The number of carbonyl (C=O) groups excluding carboxylic acids is 3. The second kappa shape index (κ2) is 8.46. The number of allylic oxidation sites excluding steroid dienone is 1. The van der Waals surface area contributed by atoms with Gasteiger partial charge >= 0.3 is 5.97 Å². The van der Waals surface area contributed by atoms with Crippen LogP contribution < -0.4 is 0 Å². The Morgan fingerprint density at radius 1 is 1.16 bits per heavy atom. The minimum atomic E-state index is -0.767. The van der Waals surface area contributed by atoms with Crippen LogP contribution in [0.2, 0.25) is 0 Å². The van der Waals surface area contributed by atoms with Crippen LogP contribution in [-0.4, -0.2) is 34.4 Å². The number of carbonyl (C=O) groups is 3. The molecule has 0 amide bonds. The standard InChI is InChI=1S/C19H22O6/c1-12-6-5-8-13(21)7-3-2-4-9-14-15(11-20)16(22)10-17(23)18(14)19(24)25-12/h4,9-12,22-23H,2-3,5-8H2,1H3. The number of rotatable bonds is 1. The molecule has 134 valence electrons. The maximum absolute atomic E-state index is 12.5. The monoisotopic (exact) mass is 346 g/mol. The lowest BCUT2D eigenvalue weighted by Gasteiger charge is -2.16. The molecule has 1 heterocycles. The number of hydrogen-bond acceptors (Lipinski definition) is 6. The van der Waals surface area contributed by atoms with Crippen LogP contribution in [0.4, 0.5) is 0 Å². The van der Waals surface area contributed by atoms with Gasteiger partial charge in [-0.25, -0.2) is 4.79 Å². The smallest absolute Gasteiger partial charge is 0.342 e. The van der Waals surface area contributed by atoms with Crippen molar-refractivity contribution < 1.29 is 29.3 Å². The summed E-state index contributed by atoms with van der Waals surface area (Å²) < 4.78 is 5.34. The van der Waals surface area contributed by atoms with E-state index in [0.29, 0.717) is 44.8 Å². The van der Waals surface area contributed by atoms with E-state index >= 15 is 0 Å². The van der Waals surface area contributed by atoms with E-state index in [-0.39, 0.29) is 22.5 Å². The Balaban J connectivity index is 2.47. The van der Waals surface area contributed by atoms with Gasteiger partial charge in [0, 0.05) is 24.5 Å². The molecule has 0 radical (unpaired) electrons. The zero-order valence-corrected chi connectivity index (χ0v) is 14.2. The molecule has 1 atom stereocenters. The van der Waals surface area contributed by atoms with Crippen molar-refractivity contribution in [1.82, 2.24) is 0 Å². The molecule has 0 aromatic heterocycles. The number of ketones is 1. The summed E-state index contributed by atoms with van der Waals surface area (Å²) in [5, 5.41) is 20.0. The second-order valence-corrected chi connectivity index (χ2v) is 6.18. The first-order chi connectivity index (χ1) is 11.9. The lowest BCUT2D eigenvalue weighted by molar-refractivity contribution is -0.119. The van der Waals surface area contributed by atoms with Crippen molar-refractivity contribution in [2.45, 2.75) is 51.6 Å². The van der Waals surface area contributed by atoms with E-state index in [1.165, 1.54) is 6.08 Å². The Labute approximate surface area is 146 Å². The van der Waals surface area contributed by atoms with E-state index in [1.54, 1.807) is 13.0 Å². The Bertz CT molecular complexity index is 704. The Hall–Kier alpha value is -2.63. The summed E-state index contributed by atoms with van der Waals surface area (Å²) in [5.41, 5.74) is -0.110. The number of esters is 1. The normalized spacial score (nSPS) is 19.6. The van der Waals surface area contributed by atoms with Crippen LogP contribution in [0.15, 0.2) is 12.1 Å².